The number of hydrogen-bond donors (Lipinski definition) is 8. The minimum absolute atomic E-state index is 0.000291. The molecule has 108 heavy (non-hydrogen) atoms. The van der Waals surface area contributed by atoms with E-state index < -0.39 is 100 Å². The van der Waals surface area contributed by atoms with Crippen LogP contribution < -0.4 is 50.8 Å². The lowest BCUT2D eigenvalue weighted by Gasteiger charge is -2.60. The van der Waals surface area contributed by atoms with Gasteiger partial charge in [0.05, 0.1) is 89.1 Å². The van der Waals surface area contributed by atoms with E-state index in [9.17, 15) is 48.7 Å². The number of esters is 2. The number of carbonyl (C=O) groups excluding carboxylic acids is 9. The van der Waals surface area contributed by atoms with Gasteiger partial charge in [-0.25, -0.2) is 9.59 Å². The summed E-state index contributed by atoms with van der Waals surface area (Å²) in [6.07, 6.45) is 2.13. The number of methoxy groups -OCH3 is 1. The normalized spacial score (nSPS) is 22.8. The Morgan fingerprint density at radius 2 is 1.51 bits per heavy atom. The Morgan fingerprint density at radius 3 is 2.20 bits per heavy atom. The van der Waals surface area contributed by atoms with Crippen LogP contribution in [0.4, 0.5) is 10.5 Å². The summed E-state index contributed by atoms with van der Waals surface area (Å²) >= 11 is 1.42. The van der Waals surface area contributed by atoms with Gasteiger partial charge in [-0.05, 0) is 80.6 Å². The standard InChI is InChI=1S/C76H91N11O20S/c1-41(2)61(83-55(90)20-23-99-25-27-101-29-30-102-28-26-100-24-21-78-54(89)19-22-86-56(91)17-18-57(86)92)72(95)80-44(5)71(94)81-48-15-13-46(14-16-48)35-104-74(97)79-34-49-32-51-50-11-9-10-12-52(50)82-70(51)76(84-49)39-108-69-60-59(68-67(105-40-106-68)43(4)66(60)107-45(6)88)53(36-103-73(76)96)87-63(69)62-58-47(31-42(3)65(98-8)64(58)93)33-75(87,37-77)38-85(62)7/h9-18,31,41,44,49,53,61-63,69,82,84,93H,19-30,32-36,38-40H2,1-8H3,(H,78,89)(H,79,97)(H,80,95)(H,81,94)(H,83,90)/t44-,49-,53-,61-,62-,63?,69+,75?,76+/m0/s1. The number of fused-ring (bicyclic) bond motifs is 8. The van der Waals surface area contributed by atoms with E-state index in [1.165, 1.54) is 44.9 Å². The first-order valence-corrected chi connectivity index (χ1v) is 37.1. The summed E-state index contributed by atoms with van der Waals surface area (Å²) in [5.41, 5.74) is 4.08. The van der Waals surface area contributed by atoms with Gasteiger partial charge in [-0.15, -0.1) is 11.8 Å². The Hall–Kier alpha value is -9.85. The van der Waals surface area contributed by atoms with Crippen LogP contribution in [-0.4, -0.2) is 220 Å². The van der Waals surface area contributed by atoms with Crippen molar-refractivity contribution in [3.63, 3.8) is 0 Å². The van der Waals surface area contributed by atoms with Crippen LogP contribution in [0.1, 0.15) is 108 Å². The molecule has 0 saturated carbocycles. The number of nitrogens with zero attached hydrogens (tertiary/aromatic N) is 4. The molecular formula is C76H91N11O20S. The molecule has 0 radical (unpaired) electrons. The monoisotopic (exact) mass is 1510 g/mol. The van der Waals surface area contributed by atoms with Gasteiger partial charge in [-0.3, -0.25) is 53.6 Å². The summed E-state index contributed by atoms with van der Waals surface area (Å²) in [6, 6.07) is 14.4. The average Bonchev–Trinajstić information content (AvgIpc) is 1.37. The van der Waals surface area contributed by atoms with Crippen molar-refractivity contribution in [3.8, 4) is 34.8 Å². The molecule has 5 aromatic rings. The van der Waals surface area contributed by atoms with Gasteiger partial charge in [0.25, 0.3) is 11.8 Å². The number of rotatable bonds is 30. The summed E-state index contributed by atoms with van der Waals surface area (Å²) in [6.45, 7) is 12.0. The number of aromatic amines is 1. The third-order valence-corrected chi connectivity index (χ3v) is 22.0. The number of anilines is 1. The van der Waals surface area contributed by atoms with E-state index >= 15 is 4.79 Å². The number of benzene rings is 4. The van der Waals surface area contributed by atoms with Crippen LogP contribution in [0.15, 0.2) is 66.7 Å². The van der Waals surface area contributed by atoms with Gasteiger partial charge in [0.1, 0.15) is 36.6 Å². The molecule has 7 amide bonds. The van der Waals surface area contributed by atoms with Gasteiger partial charge >= 0.3 is 18.0 Å². The number of likely N-dealkylation sites (N-methyl/N-ethyl adjacent to an activating group) is 1. The number of aromatic hydroxyl groups is 1. The number of thioether (sulfide) groups is 1. The van der Waals surface area contributed by atoms with E-state index in [1.54, 1.807) is 45.0 Å². The Bertz CT molecular complexity index is 4350. The number of ether oxygens (including phenoxy) is 10. The Labute approximate surface area is 627 Å². The second kappa shape index (κ2) is 33.7. The molecular weight excluding hydrogens is 1420 g/mol. The highest BCUT2D eigenvalue weighted by Crippen LogP contribution is 2.66. The first kappa shape index (κ1) is 77.8. The number of piperazine rings is 1. The molecule has 2 saturated heterocycles. The Kier molecular flexibility index (Phi) is 24.3. The zero-order valence-electron chi connectivity index (χ0n) is 61.5. The maximum absolute atomic E-state index is 15.8. The van der Waals surface area contributed by atoms with Gasteiger partial charge < -0.3 is 84.0 Å². The molecule has 32 heteroatoms. The molecule has 9 aliphatic heterocycles. The van der Waals surface area contributed by atoms with Crippen LogP contribution in [0.25, 0.3) is 10.9 Å². The number of carbonyl (C=O) groups is 9. The predicted molar refractivity (Wildman–Crippen MR) is 390 cm³/mol. The summed E-state index contributed by atoms with van der Waals surface area (Å²) in [7, 11) is 3.45. The predicted octanol–water partition coefficient (Wildman–Crippen LogP) is 4.52. The SMILES string of the molecule is COc1c(C)cc2c(c1O)[C@H]1C3[C@@H]4SC[C@]5(N[C@H](CNC(=O)OCc6ccc(NC(=O)[C@H](C)NC(=O)[C@@H](NC(=O)CCOCCOCCOCCOCCNC(=O)CCN7C(=O)C=CC7=O)C(C)C)cc6)Cc6c5[nH]c5ccccc65)C(=O)OC[C@@H](c5c6c(c(C)c(OC(C)=O)c54)OCO6)N3C(C#N)(C2)CN1C. The lowest BCUT2D eigenvalue weighted by Crippen LogP contribution is -2.70. The van der Waals surface area contributed by atoms with E-state index in [1.807, 2.05) is 44.3 Å². The lowest BCUT2D eigenvalue weighted by atomic mass is 9.76. The van der Waals surface area contributed by atoms with Crippen molar-refractivity contribution in [2.75, 3.05) is 118 Å². The molecule has 1 aromatic heterocycles. The van der Waals surface area contributed by atoms with Crippen molar-refractivity contribution < 1.29 is 95.6 Å². The second-order valence-corrected chi connectivity index (χ2v) is 29.2. The van der Waals surface area contributed by atoms with Crippen molar-refractivity contribution in [1.29, 1.82) is 5.26 Å². The molecule has 8 N–H and O–H groups in total. The zero-order valence-corrected chi connectivity index (χ0v) is 62.3. The van der Waals surface area contributed by atoms with Gasteiger partial charge in [0.2, 0.25) is 30.4 Å². The number of aryl methyl sites for hydroxylation is 1. The van der Waals surface area contributed by atoms with E-state index in [0.29, 0.717) is 94.9 Å². The smallest absolute Gasteiger partial charge is 0.407 e. The maximum atomic E-state index is 15.8. The first-order valence-electron chi connectivity index (χ1n) is 36.1. The number of alkyl carbamates (subject to hydrolysis) is 1. The van der Waals surface area contributed by atoms with Gasteiger partial charge in [0, 0.05) is 121 Å². The van der Waals surface area contributed by atoms with Crippen LogP contribution in [0.3, 0.4) is 0 Å². The number of aromatic nitrogens is 1. The fourth-order valence-corrected chi connectivity index (χ4v) is 17.3. The Morgan fingerprint density at radius 1 is 0.815 bits per heavy atom. The summed E-state index contributed by atoms with van der Waals surface area (Å²) in [4.78, 5) is 127. The number of H-pyrrole nitrogens is 1. The average molecular weight is 1510 g/mol. The molecule has 10 atom stereocenters. The van der Waals surface area contributed by atoms with Gasteiger partial charge in [-0.2, -0.15) is 5.26 Å². The molecule has 576 valence electrons. The molecule has 31 nitrogen and oxygen atoms in total. The summed E-state index contributed by atoms with van der Waals surface area (Å²) in [5, 5.41) is 41.8. The number of amides is 7. The van der Waals surface area contributed by atoms with E-state index in [0.717, 1.165) is 26.9 Å². The maximum Gasteiger partial charge on any atom is 0.407 e. The zero-order chi connectivity index (χ0) is 76.7. The molecule has 9 aliphatic rings. The van der Waals surface area contributed by atoms with Crippen LogP contribution >= 0.6 is 11.8 Å². The minimum atomic E-state index is -1.62. The highest BCUT2D eigenvalue weighted by atomic mass is 32.2. The number of imide groups is 1. The van der Waals surface area contributed by atoms with Crippen LogP contribution in [0.2, 0.25) is 0 Å². The molecule has 4 bridgehead atoms. The molecule has 4 aromatic carbocycles. The third kappa shape index (κ3) is 16.2. The number of para-hydroxylation sites is 1. The van der Waals surface area contributed by atoms with Crippen LogP contribution in [0, 0.1) is 31.1 Å². The first-order chi connectivity index (χ1) is 52.0. The van der Waals surface area contributed by atoms with Crippen LogP contribution in [0.5, 0.6) is 28.7 Å². The van der Waals surface area contributed by atoms with E-state index in [2.05, 4.69) is 52.8 Å². The molecule has 0 aliphatic carbocycles. The number of phenols is 1. The molecule has 10 heterocycles. The number of nitrogens with one attached hydrogen (secondary N) is 7. The number of hydrogen-bond acceptors (Lipinski definition) is 25. The van der Waals surface area contributed by atoms with Gasteiger partial charge in [-0.1, -0.05) is 50.2 Å². The molecule has 1 spiro atoms. The van der Waals surface area contributed by atoms with Crippen LogP contribution in [-0.2, 0) is 91.8 Å². The summed E-state index contributed by atoms with van der Waals surface area (Å²) in [5.74, 6) is -2.88. The molecule has 2 fully saturated rings. The van der Waals surface area contributed by atoms with Crippen molar-refractivity contribution in [3.05, 3.63) is 117 Å². The highest BCUT2D eigenvalue weighted by molar-refractivity contribution is 7.99. The third-order valence-electron chi connectivity index (χ3n) is 20.5. The second-order valence-electron chi connectivity index (χ2n) is 28.1. The van der Waals surface area contributed by atoms with E-state index in [4.69, 9.17) is 47.4 Å². The molecule has 14 rings (SSSR count). The minimum Gasteiger partial charge on any atom is -0.504 e. The largest absolute Gasteiger partial charge is 0.504 e. The number of nitriles is 1. The number of phenolic OH excluding ortho intramolecular Hbond substituents is 1. The fourth-order valence-electron chi connectivity index (χ4n) is 15.6. The Balaban J connectivity index is 0.627. The highest BCUT2D eigenvalue weighted by Gasteiger charge is 2.65. The van der Waals surface area contributed by atoms with Crippen molar-refractivity contribution in [2.45, 2.75) is 126 Å². The van der Waals surface area contributed by atoms with Gasteiger partial charge in [0.15, 0.2) is 28.5 Å². The summed E-state index contributed by atoms with van der Waals surface area (Å²) < 4.78 is 59.1. The van der Waals surface area contributed by atoms with E-state index in [-0.39, 0.29) is 121 Å². The topological polar surface area (TPSA) is 388 Å². The lowest BCUT2D eigenvalue weighted by molar-refractivity contribution is -0.158. The molecule has 3 unspecified atom stereocenters. The quantitative estimate of drug-likeness (QED) is 0.0135. The van der Waals surface area contributed by atoms with Crippen molar-refractivity contribution in [1.82, 2.24) is 46.3 Å². The van der Waals surface area contributed by atoms with Crippen molar-refractivity contribution in [2.24, 2.45) is 5.92 Å². The van der Waals surface area contributed by atoms with Crippen molar-refractivity contribution >= 4 is 81.8 Å². The fraction of sp³-hybridized carbons (Fsp3) is 0.500.